The van der Waals surface area contributed by atoms with Crippen molar-refractivity contribution in [2.24, 2.45) is 0 Å². The van der Waals surface area contributed by atoms with Gasteiger partial charge in [-0.1, -0.05) is 48.5 Å². The van der Waals surface area contributed by atoms with Gasteiger partial charge in [-0.25, -0.2) is 9.78 Å². The van der Waals surface area contributed by atoms with Crippen molar-refractivity contribution < 1.29 is 23.9 Å². The lowest BCUT2D eigenvalue weighted by molar-refractivity contribution is -0.120. The molecular formula is C25H22N4O5S. The van der Waals surface area contributed by atoms with Crippen LogP contribution in [0, 0.1) is 0 Å². The number of amides is 4. The number of hydrogen-bond acceptors (Lipinski definition) is 7. The third-order valence-corrected chi connectivity index (χ3v) is 6.77. The summed E-state index contributed by atoms with van der Waals surface area (Å²) < 4.78 is 5.38. The minimum atomic E-state index is -0.684. The van der Waals surface area contributed by atoms with Gasteiger partial charge in [-0.2, -0.15) is 0 Å². The first-order chi connectivity index (χ1) is 17.0. The number of aromatic nitrogens is 1. The summed E-state index contributed by atoms with van der Waals surface area (Å²) in [4.78, 5) is 57.7. The number of nitrogens with zero attached hydrogens (tertiary/aromatic N) is 3. The zero-order chi connectivity index (χ0) is 24.4. The molecule has 1 aromatic heterocycles. The van der Waals surface area contributed by atoms with E-state index in [0.717, 1.165) is 27.4 Å². The molecular weight excluding hydrogens is 468 g/mol. The van der Waals surface area contributed by atoms with Gasteiger partial charge in [-0.05, 0) is 30.0 Å². The third-order valence-electron chi connectivity index (χ3n) is 6.02. The SMILES string of the molecule is O=C(Nc1nc(C(=O)N2Cc3ccccc3C2=O)cs1)C1CCCN1C(=O)OCc1ccccc1. The van der Waals surface area contributed by atoms with Crippen LogP contribution >= 0.6 is 11.3 Å². The molecule has 5 rings (SSSR count). The molecule has 1 unspecified atom stereocenters. The summed E-state index contributed by atoms with van der Waals surface area (Å²) in [5, 5.41) is 4.44. The average Bonchev–Trinajstić information content (AvgIpc) is 3.62. The van der Waals surface area contributed by atoms with Gasteiger partial charge in [0.2, 0.25) is 5.91 Å². The molecule has 1 N–H and O–H groups in total. The summed E-state index contributed by atoms with van der Waals surface area (Å²) in [6.45, 7) is 0.738. The maximum atomic E-state index is 12.9. The van der Waals surface area contributed by atoms with E-state index in [0.29, 0.717) is 24.9 Å². The van der Waals surface area contributed by atoms with Crippen molar-refractivity contribution in [1.82, 2.24) is 14.8 Å². The zero-order valence-electron chi connectivity index (χ0n) is 18.7. The maximum absolute atomic E-state index is 12.9. The molecule has 1 atom stereocenters. The summed E-state index contributed by atoms with van der Waals surface area (Å²) in [5.41, 5.74) is 2.23. The van der Waals surface area contributed by atoms with Crippen LogP contribution in [0.15, 0.2) is 60.0 Å². The predicted molar refractivity (Wildman–Crippen MR) is 128 cm³/mol. The standard InChI is InChI=1S/C25H22N4O5S/c30-21(20-11-6-12-28(20)25(33)34-14-16-7-2-1-3-8-16)27-24-26-19(15-35-24)23(32)29-13-17-9-4-5-10-18(17)22(29)31/h1-5,7-10,15,20H,6,11-14H2,(H,26,27,30). The predicted octanol–water partition coefficient (Wildman–Crippen LogP) is 3.68. The van der Waals surface area contributed by atoms with Crippen LogP contribution < -0.4 is 5.32 Å². The van der Waals surface area contributed by atoms with Gasteiger partial charge in [-0.3, -0.25) is 24.2 Å². The fourth-order valence-corrected chi connectivity index (χ4v) is 4.92. The summed E-state index contributed by atoms with van der Waals surface area (Å²) >= 11 is 1.09. The van der Waals surface area contributed by atoms with Crippen LogP contribution in [0.1, 0.15) is 44.8 Å². The van der Waals surface area contributed by atoms with Gasteiger partial charge < -0.3 is 10.1 Å². The Morgan fingerprint density at radius 3 is 2.66 bits per heavy atom. The Balaban J connectivity index is 1.20. The molecule has 0 aliphatic carbocycles. The molecule has 4 amide bonds. The molecule has 2 aromatic carbocycles. The highest BCUT2D eigenvalue weighted by molar-refractivity contribution is 7.14. The van der Waals surface area contributed by atoms with Gasteiger partial charge in [0.25, 0.3) is 11.8 Å². The lowest BCUT2D eigenvalue weighted by Gasteiger charge is -2.22. The first-order valence-electron chi connectivity index (χ1n) is 11.2. The van der Waals surface area contributed by atoms with E-state index < -0.39 is 23.9 Å². The first-order valence-corrected chi connectivity index (χ1v) is 12.1. The smallest absolute Gasteiger partial charge is 0.410 e. The molecule has 0 radical (unpaired) electrons. The van der Waals surface area contributed by atoms with Crippen LogP contribution in [-0.4, -0.2) is 51.2 Å². The molecule has 3 aromatic rings. The van der Waals surface area contributed by atoms with Crippen molar-refractivity contribution in [3.05, 3.63) is 82.4 Å². The molecule has 0 spiro atoms. The van der Waals surface area contributed by atoms with Crippen LogP contribution in [0.2, 0.25) is 0 Å². The number of benzene rings is 2. The second-order valence-corrected chi connectivity index (χ2v) is 9.13. The van der Waals surface area contributed by atoms with Crippen molar-refractivity contribution >= 4 is 40.3 Å². The molecule has 2 aliphatic heterocycles. The largest absolute Gasteiger partial charge is 0.445 e. The number of thiazole rings is 1. The van der Waals surface area contributed by atoms with Crippen LogP contribution in [-0.2, 0) is 22.7 Å². The number of fused-ring (bicyclic) bond motifs is 1. The molecule has 9 nitrogen and oxygen atoms in total. The summed E-state index contributed by atoms with van der Waals surface area (Å²) in [6, 6.07) is 15.7. The Hall–Kier alpha value is -4.05. The maximum Gasteiger partial charge on any atom is 0.410 e. The van der Waals surface area contributed by atoms with E-state index in [1.807, 2.05) is 42.5 Å². The lowest BCUT2D eigenvalue weighted by atomic mass is 10.1. The highest BCUT2D eigenvalue weighted by atomic mass is 32.1. The van der Waals surface area contributed by atoms with Crippen molar-refractivity contribution in [3.8, 4) is 0 Å². The fourth-order valence-electron chi connectivity index (χ4n) is 4.23. The Bertz CT molecular complexity index is 1290. The number of carbonyl (C=O) groups is 4. The van der Waals surface area contributed by atoms with Gasteiger partial charge >= 0.3 is 6.09 Å². The molecule has 1 saturated heterocycles. The molecule has 0 bridgehead atoms. The second kappa shape index (κ2) is 9.67. The molecule has 178 valence electrons. The Kier molecular flexibility index (Phi) is 6.28. The summed E-state index contributed by atoms with van der Waals surface area (Å²) in [5.74, 6) is -1.27. The normalized spacial score (nSPS) is 16.8. The number of carbonyl (C=O) groups excluding carboxylic acids is 4. The summed E-state index contributed by atoms with van der Waals surface area (Å²) in [6.07, 6.45) is 0.635. The van der Waals surface area contributed by atoms with Gasteiger partial charge in [0, 0.05) is 17.5 Å². The number of likely N-dealkylation sites (tertiary alicyclic amines) is 1. The van der Waals surface area contributed by atoms with E-state index in [1.165, 1.54) is 10.3 Å². The van der Waals surface area contributed by atoms with Gasteiger partial charge in [0.05, 0.1) is 6.54 Å². The van der Waals surface area contributed by atoms with Gasteiger partial charge in [-0.15, -0.1) is 11.3 Å². The van der Waals surface area contributed by atoms with Crippen molar-refractivity contribution in [1.29, 1.82) is 0 Å². The number of anilines is 1. The number of rotatable bonds is 5. The average molecular weight is 491 g/mol. The molecule has 1 fully saturated rings. The van der Waals surface area contributed by atoms with Crippen LogP contribution in [0.4, 0.5) is 9.93 Å². The van der Waals surface area contributed by atoms with E-state index in [2.05, 4.69) is 10.3 Å². The highest BCUT2D eigenvalue weighted by Crippen LogP contribution is 2.26. The quantitative estimate of drug-likeness (QED) is 0.547. The van der Waals surface area contributed by atoms with E-state index in [9.17, 15) is 19.2 Å². The monoisotopic (exact) mass is 490 g/mol. The second-order valence-electron chi connectivity index (χ2n) is 8.27. The topological polar surface area (TPSA) is 109 Å². The van der Waals surface area contributed by atoms with Gasteiger partial charge in [0.15, 0.2) is 5.13 Å². The van der Waals surface area contributed by atoms with E-state index in [1.54, 1.807) is 12.1 Å². The molecule has 35 heavy (non-hydrogen) atoms. The molecule has 0 saturated carbocycles. The number of imide groups is 1. The lowest BCUT2D eigenvalue weighted by Crippen LogP contribution is -2.43. The zero-order valence-corrected chi connectivity index (χ0v) is 19.5. The van der Waals surface area contributed by atoms with Crippen LogP contribution in [0.5, 0.6) is 0 Å². The van der Waals surface area contributed by atoms with Crippen molar-refractivity contribution in [2.45, 2.75) is 32.0 Å². The Morgan fingerprint density at radius 2 is 1.86 bits per heavy atom. The van der Waals surface area contributed by atoms with Crippen LogP contribution in [0.25, 0.3) is 0 Å². The van der Waals surface area contributed by atoms with E-state index in [-0.39, 0.29) is 29.9 Å². The first kappa shape index (κ1) is 22.7. The third kappa shape index (κ3) is 4.65. The minimum Gasteiger partial charge on any atom is -0.445 e. The summed E-state index contributed by atoms with van der Waals surface area (Å²) in [7, 11) is 0. The molecule has 2 aliphatic rings. The highest BCUT2D eigenvalue weighted by Gasteiger charge is 2.36. The van der Waals surface area contributed by atoms with E-state index >= 15 is 0 Å². The Morgan fingerprint density at radius 1 is 1.09 bits per heavy atom. The fraction of sp³-hybridized carbons (Fsp3) is 0.240. The minimum absolute atomic E-state index is 0.0806. The van der Waals surface area contributed by atoms with Crippen molar-refractivity contribution in [3.63, 3.8) is 0 Å². The molecule has 3 heterocycles. The van der Waals surface area contributed by atoms with Crippen molar-refractivity contribution in [2.75, 3.05) is 11.9 Å². The molecule has 10 heteroatoms. The van der Waals surface area contributed by atoms with E-state index in [4.69, 9.17) is 4.74 Å². The van der Waals surface area contributed by atoms with Crippen LogP contribution in [0.3, 0.4) is 0 Å². The Labute approximate surface area is 205 Å². The van der Waals surface area contributed by atoms with Gasteiger partial charge in [0.1, 0.15) is 18.3 Å². The number of ether oxygens (including phenoxy) is 1. The number of hydrogen-bond donors (Lipinski definition) is 1. The number of nitrogens with one attached hydrogen (secondary N) is 1.